The highest BCUT2D eigenvalue weighted by Gasteiger charge is 2.17. The number of imidazole rings is 1. The van der Waals surface area contributed by atoms with Gasteiger partial charge in [0.1, 0.15) is 11.5 Å². The number of benzene rings is 3. The van der Waals surface area contributed by atoms with E-state index in [0.717, 1.165) is 61.6 Å². The molecule has 0 aliphatic heterocycles. The van der Waals surface area contributed by atoms with Crippen molar-refractivity contribution in [3.63, 3.8) is 0 Å². The van der Waals surface area contributed by atoms with Crippen LogP contribution in [0.5, 0.6) is 0 Å². The van der Waals surface area contributed by atoms with Gasteiger partial charge in [0, 0.05) is 22.7 Å². The number of aromatic nitrogens is 5. The summed E-state index contributed by atoms with van der Waals surface area (Å²) >= 11 is 0. The summed E-state index contributed by atoms with van der Waals surface area (Å²) in [7, 11) is 0. The van der Waals surface area contributed by atoms with Gasteiger partial charge in [-0.3, -0.25) is 9.38 Å². The van der Waals surface area contributed by atoms with E-state index >= 15 is 0 Å². The zero-order valence-electron chi connectivity index (χ0n) is 18.7. The van der Waals surface area contributed by atoms with Crippen LogP contribution in [0.2, 0.25) is 0 Å². The van der Waals surface area contributed by atoms with Crippen LogP contribution in [-0.2, 0) is 0 Å². The van der Waals surface area contributed by atoms with Crippen LogP contribution < -0.4 is 0 Å². The molecule has 3 aromatic carbocycles. The fourth-order valence-corrected chi connectivity index (χ4v) is 4.60. The molecule has 0 spiro atoms. The number of para-hydroxylation sites is 3. The van der Waals surface area contributed by atoms with Crippen molar-refractivity contribution in [2.75, 3.05) is 0 Å². The molecule has 0 bridgehead atoms. The summed E-state index contributed by atoms with van der Waals surface area (Å²) < 4.78 is 2.16. The van der Waals surface area contributed by atoms with Crippen LogP contribution >= 0.6 is 0 Å². The second kappa shape index (κ2) is 7.85. The van der Waals surface area contributed by atoms with E-state index in [-0.39, 0.29) is 0 Å². The number of hydrogen-bond acceptors (Lipinski definition) is 4. The third-order valence-corrected chi connectivity index (χ3v) is 6.22. The van der Waals surface area contributed by atoms with Crippen molar-refractivity contribution in [2.45, 2.75) is 0 Å². The average Bonchev–Trinajstić information content (AvgIpc) is 3.33. The van der Waals surface area contributed by atoms with Crippen molar-refractivity contribution >= 4 is 27.6 Å². The smallest absolute Gasteiger partial charge is 0.149 e. The Bertz CT molecular complexity index is 1780. The summed E-state index contributed by atoms with van der Waals surface area (Å²) in [5.74, 6) is 0.823. The van der Waals surface area contributed by atoms with E-state index < -0.39 is 0 Å². The molecule has 0 fully saturated rings. The molecule has 7 aromatic rings. The monoisotopic (exact) mass is 449 g/mol. The minimum absolute atomic E-state index is 0.800. The molecule has 164 valence electrons. The van der Waals surface area contributed by atoms with Crippen molar-refractivity contribution in [1.82, 2.24) is 24.3 Å². The Kier molecular flexibility index (Phi) is 4.39. The zero-order valence-corrected chi connectivity index (χ0v) is 18.7. The van der Waals surface area contributed by atoms with E-state index in [1.165, 1.54) is 0 Å². The molecule has 0 radical (unpaired) electrons. The largest absolute Gasteiger partial charge is 0.276 e. The van der Waals surface area contributed by atoms with E-state index in [1.807, 2.05) is 72.8 Å². The summed E-state index contributed by atoms with van der Waals surface area (Å²) in [6.07, 6.45) is 1.79. The van der Waals surface area contributed by atoms with Crippen LogP contribution in [0.3, 0.4) is 0 Å². The topological polar surface area (TPSA) is 56.0 Å². The van der Waals surface area contributed by atoms with Crippen LogP contribution in [-0.4, -0.2) is 24.3 Å². The molecule has 7 rings (SSSR count). The maximum absolute atomic E-state index is 5.14. The highest BCUT2D eigenvalue weighted by Crippen LogP contribution is 2.33. The van der Waals surface area contributed by atoms with Gasteiger partial charge in [-0.1, -0.05) is 60.7 Å². The molecule has 0 atom stereocenters. The van der Waals surface area contributed by atoms with Crippen LogP contribution in [0.25, 0.3) is 61.6 Å². The van der Waals surface area contributed by atoms with E-state index in [9.17, 15) is 0 Å². The van der Waals surface area contributed by atoms with Gasteiger partial charge < -0.3 is 0 Å². The molecular weight excluding hydrogens is 430 g/mol. The van der Waals surface area contributed by atoms with Crippen molar-refractivity contribution in [1.29, 1.82) is 0 Å². The highest BCUT2D eigenvalue weighted by molar-refractivity contribution is 5.98. The van der Waals surface area contributed by atoms with E-state index in [4.69, 9.17) is 15.0 Å². The van der Waals surface area contributed by atoms with Gasteiger partial charge in [-0.15, -0.1) is 0 Å². The normalized spacial score (nSPS) is 11.4. The number of rotatable bonds is 3. The first-order valence-electron chi connectivity index (χ1n) is 11.5. The van der Waals surface area contributed by atoms with Gasteiger partial charge in [0.15, 0.2) is 0 Å². The summed E-state index contributed by atoms with van der Waals surface area (Å²) in [5.41, 5.74) is 8.25. The summed E-state index contributed by atoms with van der Waals surface area (Å²) in [5, 5.41) is 1.02. The van der Waals surface area contributed by atoms with Crippen molar-refractivity contribution < 1.29 is 0 Å². The number of hydrogen-bond donors (Lipinski definition) is 0. The van der Waals surface area contributed by atoms with Gasteiger partial charge in [0.25, 0.3) is 0 Å². The SMILES string of the molecule is c1ccc(-c2cc(-c3nc4ccccc4c4nc5ccccc5n34)cc(-c3ccccn3)n2)cc1. The minimum atomic E-state index is 0.800. The Hall–Kier alpha value is -4.90. The standard InChI is InChI=1S/C30H19N5/c1-2-10-20(11-3-1)26-18-21(19-27(32-26)24-14-8-9-17-31-24)29-33-23-13-5-4-12-22(23)30-34-25-15-6-7-16-28(25)35(29)30/h1-19H. The molecule has 4 heterocycles. The number of pyridine rings is 2. The van der Waals surface area contributed by atoms with Crippen molar-refractivity contribution in [3.8, 4) is 34.0 Å². The fraction of sp³-hybridized carbons (Fsp3) is 0. The average molecular weight is 450 g/mol. The van der Waals surface area contributed by atoms with Crippen LogP contribution in [0.1, 0.15) is 0 Å². The predicted molar refractivity (Wildman–Crippen MR) is 140 cm³/mol. The first-order valence-corrected chi connectivity index (χ1v) is 11.5. The molecular formula is C30H19N5. The van der Waals surface area contributed by atoms with E-state index in [2.05, 4.69) is 45.8 Å². The second-order valence-corrected chi connectivity index (χ2v) is 8.42. The number of nitrogens with zero attached hydrogens (tertiary/aromatic N) is 5. The van der Waals surface area contributed by atoms with Gasteiger partial charge in [-0.2, -0.15) is 0 Å². The molecule has 0 N–H and O–H groups in total. The predicted octanol–water partition coefficient (Wildman–Crippen LogP) is 6.83. The lowest BCUT2D eigenvalue weighted by Crippen LogP contribution is -2.00. The lowest BCUT2D eigenvalue weighted by atomic mass is 10.1. The van der Waals surface area contributed by atoms with Gasteiger partial charge in [-0.05, 0) is 48.5 Å². The van der Waals surface area contributed by atoms with Crippen LogP contribution in [0, 0.1) is 0 Å². The van der Waals surface area contributed by atoms with Gasteiger partial charge in [0.2, 0.25) is 0 Å². The second-order valence-electron chi connectivity index (χ2n) is 8.42. The lowest BCUT2D eigenvalue weighted by Gasteiger charge is -2.12. The Morgan fingerprint density at radius 2 is 1.26 bits per heavy atom. The molecule has 4 aromatic heterocycles. The maximum Gasteiger partial charge on any atom is 0.149 e. The Labute approximate surface area is 201 Å². The molecule has 5 nitrogen and oxygen atoms in total. The Balaban J connectivity index is 1.60. The molecule has 0 amide bonds. The third kappa shape index (κ3) is 3.25. The molecule has 35 heavy (non-hydrogen) atoms. The molecule has 0 unspecified atom stereocenters. The maximum atomic E-state index is 5.14. The highest BCUT2D eigenvalue weighted by atomic mass is 15.1. The quantitative estimate of drug-likeness (QED) is 0.297. The summed E-state index contributed by atoms with van der Waals surface area (Å²) in [4.78, 5) is 19.7. The fourth-order valence-electron chi connectivity index (χ4n) is 4.60. The van der Waals surface area contributed by atoms with Crippen molar-refractivity contribution in [2.24, 2.45) is 0 Å². The molecule has 0 saturated heterocycles. The van der Waals surface area contributed by atoms with Crippen LogP contribution in [0.15, 0.2) is 115 Å². The minimum Gasteiger partial charge on any atom is -0.276 e. The van der Waals surface area contributed by atoms with Gasteiger partial charge >= 0.3 is 0 Å². The Morgan fingerprint density at radius 1 is 0.514 bits per heavy atom. The lowest BCUT2D eigenvalue weighted by molar-refractivity contribution is 1.15. The molecule has 0 aliphatic carbocycles. The molecule has 5 heteroatoms. The zero-order chi connectivity index (χ0) is 23.2. The van der Waals surface area contributed by atoms with E-state index in [1.54, 1.807) is 6.20 Å². The Morgan fingerprint density at radius 3 is 2.11 bits per heavy atom. The first-order chi connectivity index (χ1) is 17.3. The molecule has 0 saturated carbocycles. The van der Waals surface area contributed by atoms with Gasteiger partial charge in [-0.25, -0.2) is 15.0 Å². The van der Waals surface area contributed by atoms with E-state index in [0.29, 0.717) is 0 Å². The molecule has 0 aliphatic rings. The summed E-state index contributed by atoms with van der Waals surface area (Å²) in [6.45, 7) is 0. The van der Waals surface area contributed by atoms with Gasteiger partial charge in [0.05, 0.1) is 33.6 Å². The van der Waals surface area contributed by atoms with Crippen molar-refractivity contribution in [3.05, 3.63) is 115 Å². The number of fused-ring (bicyclic) bond motifs is 5. The first kappa shape index (κ1) is 19.6. The van der Waals surface area contributed by atoms with Crippen LogP contribution in [0.4, 0.5) is 0 Å². The summed E-state index contributed by atoms with van der Waals surface area (Å²) in [6, 6.07) is 36.6. The third-order valence-electron chi connectivity index (χ3n) is 6.22.